The molecule has 1 unspecified atom stereocenters. The molecule has 2 aromatic rings. The average molecular weight is 392 g/mol. The quantitative estimate of drug-likeness (QED) is 0.754. The zero-order valence-corrected chi connectivity index (χ0v) is 15.8. The van der Waals surface area contributed by atoms with Crippen molar-refractivity contribution in [2.45, 2.75) is 36.5 Å². The molecular formula is C18H15Cl2N3OS. The summed E-state index contributed by atoms with van der Waals surface area (Å²) < 4.78 is 0. The van der Waals surface area contributed by atoms with Gasteiger partial charge in [0.1, 0.15) is 11.1 Å². The van der Waals surface area contributed by atoms with Crippen LogP contribution >= 0.6 is 35.0 Å². The van der Waals surface area contributed by atoms with Gasteiger partial charge in [-0.15, -0.1) is 0 Å². The zero-order valence-electron chi connectivity index (χ0n) is 13.5. The first-order valence-corrected chi connectivity index (χ1v) is 9.47. The lowest BCUT2D eigenvalue weighted by Gasteiger charge is -2.14. The molecule has 0 radical (unpaired) electrons. The van der Waals surface area contributed by atoms with E-state index in [0.29, 0.717) is 26.3 Å². The number of fused-ring (bicyclic) bond motifs is 1. The van der Waals surface area contributed by atoms with Crippen molar-refractivity contribution in [2.24, 2.45) is 0 Å². The molecule has 0 saturated heterocycles. The molecular weight excluding hydrogens is 377 g/mol. The Labute approximate surface area is 160 Å². The number of rotatable bonds is 4. The minimum atomic E-state index is -0.436. The minimum absolute atomic E-state index is 0.222. The van der Waals surface area contributed by atoms with Gasteiger partial charge in [0.15, 0.2) is 0 Å². The highest BCUT2D eigenvalue weighted by atomic mass is 35.5. The topological polar surface area (TPSA) is 65.8 Å². The van der Waals surface area contributed by atoms with Gasteiger partial charge in [-0.2, -0.15) is 5.26 Å². The standard InChI is InChI=1S/C18H15Cl2N3OS/c1-10(17(24)22-16-8-13(19)5-6-14(16)20)25-18-12(9-21)7-11-3-2-4-15(11)23-18/h5-8,10H,2-4H2,1H3,(H,22,24). The number of carbonyl (C=O) groups excluding carboxylic acids is 1. The predicted molar refractivity (Wildman–Crippen MR) is 101 cm³/mol. The molecule has 1 atom stereocenters. The average Bonchev–Trinajstić information content (AvgIpc) is 3.04. The molecule has 1 aliphatic rings. The van der Waals surface area contributed by atoms with Crippen LogP contribution in [0.3, 0.4) is 0 Å². The van der Waals surface area contributed by atoms with Crippen molar-refractivity contribution in [3.8, 4) is 6.07 Å². The van der Waals surface area contributed by atoms with Gasteiger partial charge in [0, 0.05) is 10.7 Å². The molecule has 4 nitrogen and oxygen atoms in total. The van der Waals surface area contributed by atoms with E-state index in [1.807, 2.05) is 6.07 Å². The SMILES string of the molecule is CC(Sc1nc2c(cc1C#N)CCC2)C(=O)Nc1cc(Cl)ccc1Cl. The molecule has 1 aromatic carbocycles. The Hall–Kier alpha value is -1.74. The van der Waals surface area contributed by atoms with Gasteiger partial charge in [-0.25, -0.2) is 4.98 Å². The van der Waals surface area contributed by atoms with Gasteiger partial charge < -0.3 is 5.32 Å². The number of aryl methyl sites for hydroxylation is 2. The fourth-order valence-electron chi connectivity index (χ4n) is 2.67. The first-order chi connectivity index (χ1) is 12.0. The zero-order chi connectivity index (χ0) is 18.0. The van der Waals surface area contributed by atoms with Gasteiger partial charge in [-0.3, -0.25) is 4.79 Å². The van der Waals surface area contributed by atoms with Crippen molar-refractivity contribution in [1.82, 2.24) is 4.98 Å². The molecule has 7 heteroatoms. The molecule has 1 aromatic heterocycles. The van der Waals surface area contributed by atoms with Crippen LogP contribution in [-0.4, -0.2) is 16.1 Å². The van der Waals surface area contributed by atoms with Crippen molar-refractivity contribution >= 4 is 46.6 Å². The van der Waals surface area contributed by atoms with Crippen molar-refractivity contribution in [3.63, 3.8) is 0 Å². The number of benzene rings is 1. The van der Waals surface area contributed by atoms with Crippen molar-refractivity contribution in [3.05, 3.63) is 51.1 Å². The van der Waals surface area contributed by atoms with Crippen LogP contribution in [0, 0.1) is 11.3 Å². The number of anilines is 1. The third kappa shape index (κ3) is 4.09. The second-order valence-corrected chi connectivity index (χ2v) is 7.96. The van der Waals surface area contributed by atoms with E-state index in [4.69, 9.17) is 23.2 Å². The molecule has 0 bridgehead atoms. The van der Waals surface area contributed by atoms with Crippen LogP contribution < -0.4 is 5.32 Å². The van der Waals surface area contributed by atoms with E-state index in [1.165, 1.54) is 11.8 Å². The van der Waals surface area contributed by atoms with Gasteiger partial charge in [0.25, 0.3) is 0 Å². The summed E-state index contributed by atoms with van der Waals surface area (Å²) in [4.78, 5) is 17.1. The van der Waals surface area contributed by atoms with Crippen LogP contribution in [0.15, 0.2) is 29.3 Å². The summed E-state index contributed by atoms with van der Waals surface area (Å²) in [5, 5.41) is 13.2. The van der Waals surface area contributed by atoms with Crippen LogP contribution in [0.5, 0.6) is 0 Å². The molecule has 1 heterocycles. The number of carbonyl (C=O) groups is 1. The summed E-state index contributed by atoms with van der Waals surface area (Å²) in [6.45, 7) is 1.77. The third-order valence-electron chi connectivity index (χ3n) is 3.98. The van der Waals surface area contributed by atoms with Gasteiger partial charge >= 0.3 is 0 Å². The van der Waals surface area contributed by atoms with Crippen LogP contribution in [0.1, 0.15) is 30.2 Å². The molecule has 128 valence electrons. The maximum absolute atomic E-state index is 12.5. The Kier molecular flexibility index (Phi) is 5.53. The number of halogens is 2. The highest BCUT2D eigenvalue weighted by Gasteiger charge is 2.21. The maximum atomic E-state index is 12.5. The van der Waals surface area contributed by atoms with Crippen LogP contribution in [0.2, 0.25) is 10.0 Å². The molecule has 0 aliphatic heterocycles. The normalized spacial score (nSPS) is 13.8. The van der Waals surface area contributed by atoms with E-state index < -0.39 is 5.25 Å². The van der Waals surface area contributed by atoms with Crippen LogP contribution in [-0.2, 0) is 17.6 Å². The summed E-state index contributed by atoms with van der Waals surface area (Å²) >= 11 is 13.3. The number of nitriles is 1. The molecule has 1 N–H and O–H groups in total. The number of thioether (sulfide) groups is 1. The number of pyridine rings is 1. The van der Waals surface area contributed by atoms with Gasteiger partial charge in [-0.05, 0) is 56.0 Å². The third-order valence-corrected chi connectivity index (χ3v) is 5.65. The largest absolute Gasteiger partial charge is 0.324 e. The Morgan fingerprint density at radius 3 is 2.92 bits per heavy atom. The number of nitrogens with one attached hydrogen (secondary N) is 1. The second-order valence-electron chi connectivity index (χ2n) is 5.79. The molecule has 1 amide bonds. The van der Waals surface area contributed by atoms with E-state index in [-0.39, 0.29) is 5.91 Å². The van der Waals surface area contributed by atoms with Crippen LogP contribution in [0.25, 0.3) is 0 Å². The molecule has 0 spiro atoms. The van der Waals surface area contributed by atoms with E-state index in [9.17, 15) is 10.1 Å². The Morgan fingerprint density at radius 1 is 1.36 bits per heavy atom. The molecule has 3 rings (SSSR count). The number of amides is 1. The summed E-state index contributed by atoms with van der Waals surface area (Å²) in [6.07, 6.45) is 2.95. The van der Waals surface area contributed by atoms with Gasteiger partial charge in [0.2, 0.25) is 5.91 Å². The Morgan fingerprint density at radius 2 is 2.16 bits per heavy atom. The highest BCUT2D eigenvalue weighted by molar-refractivity contribution is 8.00. The first-order valence-electron chi connectivity index (χ1n) is 7.83. The van der Waals surface area contributed by atoms with Gasteiger partial charge in [-0.1, -0.05) is 35.0 Å². The number of hydrogen-bond donors (Lipinski definition) is 1. The van der Waals surface area contributed by atoms with Crippen LogP contribution in [0.4, 0.5) is 5.69 Å². The second kappa shape index (κ2) is 7.65. The summed E-state index contributed by atoms with van der Waals surface area (Å²) in [5.74, 6) is -0.222. The van der Waals surface area contributed by atoms with Gasteiger partial charge in [0.05, 0.1) is 21.5 Å². The Bertz CT molecular complexity index is 879. The lowest BCUT2D eigenvalue weighted by molar-refractivity contribution is -0.115. The number of nitrogens with zero attached hydrogens (tertiary/aromatic N) is 2. The summed E-state index contributed by atoms with van der Waals surface area (Å²) in [5.41, 5.74) is 3.16. The predicted octanol–water partition coefficient (Wildman–Crippen LogP) is 4.87. The summed E-state index contributed by atoms with van der Waals surface area (Å²) in [6, 6.07) is 8.98. The van der Waals surface area contributed by atoms with Crippen molar-refractivity contribution in [1.29, 1.82) is 5.26 Å². The lowest BCUT2D eigenvalue weighted by atomic mass is 10.2. The monoisotopic (exact) mass is 391 g/mol. The van der Waals surface area contributed by atoms with E-state index in [0.717, 1.165) is 30.5 Å². The first kappa shape index (κ1) is 18.1. The fraction of sp³-hybridized carbons (Fsp3) is 0.278. The number of aromatic nitrogens is 1. The smallest absolute Gasteiger partial charge is 0.237 e. The number of hydrogen-bond acceptors (Lipinski definition) is 4. The van der Waals surface area contributed by atoms with E-state index >= 15 is 0 Å². The molecule has 0 saturated carbocycles. The molecule has 25 heavy (non-hydrogen) atoms. The van der Waals surface area contributed by atoms with Crippen molar-refractivity contribution < 1.29 is 4.79 Å². The maximum Gasteiger partial charge on any atom is 0.237 e. The molecule has 0 fully saturated rings. The minimum Gasteiger partial charge on any atom is -0.324 e. The summed E-state index contributed by atoms with van der Waals surface area (Å²) in [7, 11) is 0. The Balaban J connectivity index is 1.76. The molecule has 1 aliphatic carbocycles. The van der Waals surface area contributed by atoms with Crippen molar-refractivity contribution in [2.75, 3.05) is 5.32 Å². The highest BCUT2D eigenvalue weighted by Crippen LogP contribution is 2.31. The lowest BCUT2D eigenvalue weighted by Crippen LogP contribution is -2.23. The van der Waals surface area contributed by atoms with E-state index in [1.54, 1.807) is 25.1 Å². The van der Waals surface area contributed by atoms with E-state index in [2.05, 4.69) is 16.4 Å². The fourth-order valence-corrected chi connectivity index (χ4v) is 3.90.